The number of carbonyl (C=O) groups is 1. The molecule has 3 aromatic heterocycles. The zero-order chi connectivity index (χ0) is 20.3. The summed E-state index contributed by atoms with van der Waals surface area (Å²) in [5, 5.41) is 11.7. The number of hydrogen-bond donors (Lipinski definition) is 2. The number of nitrogen functional groups attached to an aromatic ring is 1. The minimum atomic E-state index is -0.866. The largest absolute Gasteiger partial charge is 0.483 e. The number of carbonyl (C=O) groups excluding carboxylic acids is 1. The van der Waals surface area contributed by atoms with Crippen molar-refractivity contribution in [3.63, 3.8) is 0 Å². The van der Waals surface area contributed by atoms with Gasteiger partial charge in [-0.05, 0) is 6.07 Å². The molecule has 0 bridgehead atoms. The molecule has 0 radical (unpaired) electrons. The van der Waals surface area contributed by atoms with Crippen molar-refractivity contribution in [1.82, 2.24) is 14.8 Å². The van der Waals surface area contributed by atoms with Crippen LogP contribution < -0.4 is 21.4 Å². The predicted molar refractivity (Wildman–Crippen MR) is 104 cm³/mol. The quantitative estimate of drug-likeness (QED) is 0.549. The first-order chi connectivity index (χ1) is 13.4. The molecule has 10 nitrogen and oxygen atoms in total. The Hall–Kier alpha value is -2.89. The van der Waals surface area contributed by atoms with E-state index >= 15 is 0 Å². The minimum absolute atomic E-state index is 0.0222. The van der Waals surface area contributed by atoms with Crippen molar-refractivity contribution in [2.24, 2.45) is 7.05 Å². The van der Waals surface area contributed by atoms with E-state index in [0.29, 0.717) is 15.7 Å². The van der Waals surface area contributed by atoms with E-state index in [9.17, 15) is 9.59 Å². The summed E-state index contributed by atoms with van der Waals surface area (Å²) >= 11 is 7.25. The number of halogens is 1. The highest BCUT2D eigenvalue weighted by Gasteiger charge is 2.19. The van der Waals surface area contributed by atoms with Crippen LogP contribution in [0.3, 0.4) is 0 Å². The number of rotatable bonds is 7. The summed E-state index contributed by atoms with van der Waals surface area (Å²) in [4.78, 5) is 24.4. The lowest BCUT2D eigenvalue weighted by Crippen LogP contribution is -2.18. The van der Waals surface area contributed by atoms with Crippen LogP contribution in [0.25, 0.3) is 10.7 Å². The van der Waals surface area contributed by atoms with Gasteiger partial charge in [0.25, 0.3) is 5.91 Å². The summed E-state index contributed by atoms with van der Waals surface area (Å²) in [7, 11) is 3.31. The van der Waals surface area contributed by atoms with Gasteiger partial charge in [0.15, 0.2) is 10.8 Å². The molecule has 0 aliphatic heterocycles. The smallest absolute Gasteiger partial charge is 0.381 e. The summed E-state index contributed by atoms with van der Waals surface area (Å²) in [6, 6.07) is 2.93. The molecule has 0 saturated carbocycles. The number of aryl methyl sites for hydroxylation is 1. The highest BCUT2D eigenvalue weighted by Crippen LogP contribution is 2.32. The standard InChI is InChI=1S/C16H16ClN5O5S/c1-22-4-3-8(17)11(22)14-20-21-16(28-14)19-13(23)10-7-9(18)12(15(24)27-10)26-6-5-25-2/h3-4,7H,5-6,18H2,1-2H3,(H,19,21,23). The number of methoxy groups -OCH3 is 1. The first-order valence-corrected chi connectivity index (χ1v) is 9.11. The van der Waals surface area contributed by atoms with Gasteiger partial charge in [-0.2, -0.15) is 0 Å². The normalized spacial score (nSPS) is 10.8. The molecule has 3 N–H and O–H groups in total. The van der Waals surface area contributed by atoms with Gasteiger partial charge in [0.1, 0.15) is 6.61 Å². The Morgan fingerprint density at radius 2 is 2.21 bits per heavy atom. The Morgan fingerprint density at radius 3 is 2.86 bits per heavy atom. The van der Waals surface area contributed by atoms with Gasteiger partial charge in [0, 0.05) is 26.4 Å². The molecule has 1 amide bonds. The van der Waals surface area contributed by atoms with Crippen molar-refractivity contribution in [2.45, 2.75) is 0 Å². The van der Waals surface area contributed by atoms with Gasteiger partial charge in [-0.15, -0.1) is 10.2 Å². The highest BCUT2D eigenvalue weighted by molar-refractivity contribution is 7.18. The van der Waals surface area contributed by atoms with Crippen LogP contribution in [-0.2, 0) is 11.8 Å². The van der Waals surface area contributed by atoms with Gasteiger partial charge in [-0.3, -0.25) is 10.1 Å². The van der Waals surface area contributed by atoms with Crippen LogP contribution in [0.15, 0.2) is 27.5 Å². The van der Waals surface area contributed by atoms with Crippen molar-refractivity contribution >= 4 is 39.7 Å². The third-order valence-corrected chi connectivity index (χ3v) is 4.72. The van der Waals surface area contributed by atoms with E-state index in [2.05, 4.69) is 15.5 Å². The van der Waals surface area contributed by atoms with Gasteiger partial charge < -0.3 is 24.2 Å². The average Bonchev–Trinajstić information content (AvgIpc) is 3.23. The molecule has 0 spiro atoms. The van der Waals surface area contributed by atoms with Crippen molar-refractivity contribution in [1.29, 1.82) is 0 Å². The summed E-state index contributed by atoms with van der Waals surface area (Å²) in [5.41, 5.74) is 5.57. The van der Waals surface area contributed by atoms with Crippen LogP contribution >= 0.6 is 22.9 Å². The lowest BCUT2D eigenvalue weighted by atomic mass is 10.3. The maximum Gasteiger partial charge on any atom is 0.381 e. The summed E-state index contributed by atoms with van der Waals surface area (Å²) < 4.78 is 16.8. The van der Waals surface area contributed by atoms with Gasteiger partial charge in [-0.1, -0.05) is 22.9 Å². The fourth-order valence-corrected chi connectivity index (χ4v) is 3.44. The third-order valence-electron chi connectivity index (χ3n) is 3.57. The second-order valence-corrected chi connectivity index (χ2v) is 6.90. The molecule has 12 heteroatoms. The predicted octanol–water partition coefficient (Wildman–Crippen LogP) is 2.01. The molecule has 28 heavy (non-hydrogen) atoms. The van der Waals surface area contributed by atoms with Crippen LogP contribution in [0, 0.1) is 0 Å². The summed E-state index contributed by atoms with van der Waals surface area (Å²) in [6.45, 7) is 0.387. The van der Waals surface area contributed by atoms with E-state index in [1.807, 2.05) is 7.05 Å². The first kappa shape index (κ1) is 19.9. The summed E-state index contributed by atoms with van der Waals surface area (Å²) in [6.07, 6.45) is 1.78. The monoisotopic (exact) mass is 425 g/mol. The van der Waals surface area contributed by atoms with Crippen LogP contribution in [0.4, 0.5) is 10.8 Å². The number of ether oxygens (including phenoxy) is 2. The maximum atomic E-state index is 12.4. The lowest BCUT2D eigenvalue weighted by molar-refractivity contribution is 0.0990. The van der Waals surface area contributed by atoms with E-state index in [-0.39, 0.29) is 35.5 Å². The van der Waals surface area contributed by atoms with Gasteiger partial charge in [0.2, 0.25) is 10.9 Å². The SMILES string of the molecule is COCCOc1c(N)cc(C(=O)Nc2nnc(-c3c(Cl)ccn3C)s2)oc1=O. The highest BCUT2D eigenvalue weighted by atomic mass is 35.5. The molecule has 0 atom stereocenters. The molecule has 3 aromatic rings. The fraction of sp³-hybridized carbons (Fsp3) is 0.250. The van der Waals surface area contributed by atoms with Crippen molar-refractivity contribution < 1.29 is 18.7 Å². The number of aromatic nitrogens is 3. The van der Waals surface area contributed by atoms with E-state index < -0.39 is 11.5 Å². The molecule has 0 aliphatic carbocycles. The molecule has 0 saturated heterocycles. The molecular formula is C16H16ClN5O5S. The van der Waals surface area contributed by atoms with Crippen LogP contribution in [-0.4, -0.2) is 41.0 Å². The second kappa shape index (κ2) is 8.42. The van der Waals surface area contributed by atoms with Crippen molar-refractivity contribution in [2.75, 3.05) is 31.4 Å². The number of amides is 1. The average molecular weight is 426 g/mol. The number of hydrogen-bond acceptors (Lipinski definition) is 9. The van der Waals surface area contributed by atoms with Crippen molar-refractivity contribution in [3.8, 4) is 16.5 Å². The van der Waals surface area contributed by atoms with E-state index in [1.165, 1.54) is 13.2 Å². The molecule has 0 aromatic carbocycles. The van der Waals surface area contributed by atoms with Gasteiger partial charge in [-0.25, -0.2) is 4.79 Å². The molecule has 3 rings (SSSR count). The Bertz CT molecular complexity index is 1040. The van der Waals surface area contributed by atoms with Gasteiger partial charge >= 0.3 is 5.63 Å². The lowest BCUT2D eigenvalue weighted by Gasteiger charge is -2.07. The Balaban J connectivity index is 1.76. The van der Waals surface area contributed by atoms with E-state index in [0.717, 1.165) is 11.3 Å². The molecule has 0 fully saturated rings. The minimum Gasteiger partial charge on any atom is -0.483 e. The van der Waals surface area contributed by atoms with Crippen LogP contribution in [0.1, 0.15) is 10.6 Å². The molecule has 148 valence electrons. The number of nitrogens with two attached hydrogens (primary N) is 1. The third kappa shape index (κ3) is 4.16. The first-order valence-electron chi connectivity index (χ1n) is 7.92. The zero-order valence-corrected chi connectivity index (χ0v) is 16.5. The molecule has 0 unspecified atom stereocenters. The molecule has 0 aliphatic rings. The topological polar surface area (TPSA) is 134 Å². The molecule has 3 heterocycles. The van der Waals surface area contributed by atoms with E-state index in [1.54, 1.807) is 16.8 Å². The van der Waals surface area contributed by atoms with Crippen LogP contribution in [0.5, 0.6) is 5.75 Å². The Kier molecular flexibility index (Phi) is 5.97. The number of anilines is 2. The Morgan fingerprint density at radius 1 is 1.43 bits per heavy atom. The molecular weight excluding hydrogens is 410 g/mol. The Labute approximate surface area is 167 Å². The summed E-state index contributed by atoms with van der Waals surface area (Å²) in [5.74, 6) is -1.16. The fourth-order valence-electron chi connectivity index (χ4n) is 2.26. The van der Waals surface area contributed by atoms with Gasteiger partial charge in [0.05, 0.1) is 23.0 Å². The van der Waals surface area contributed by atoms with Crippen LogP contribution in [0.2, 0.25) is 5.02 Å². The van der Waals surface area contributed by atoms with E-state index in [4.69, 9.17) is 31.2 Å². The number of nitrogens with one attached hydrogen (secondary N) is 1. The second-order valence-electron chi connectivity index (χ2n) is 5.51. The van der Waals surface area contributed by atoms with Crippen molar-refractivity contribution in [3.05, 3.63) is 39.5 Å². The number of nitrogens with zero attached hydrogens (tertiary/aromatic N) is 3. The maximum absolute atomic E-state index is 12.4. The zero-order valence-electron chi connectivity index (χ0n) is 14.9.